The zero-order chi connectivity index (χ0) is 9.42. The van der Waals surface area contributed by atoms with Gasteiger partial charge in [-0.05, 0) is 31.3 Å². The van der Waals surface area contributed by atoms with Crippen molar-refractivity contribution in [3.63, 3.8) is 0 Å². The summed E-state index contributed by atoms with van der Waals surface area (Å²) in [6, 6.07) is 1.79. The molecule has 3 heteroatoms. The van der Waals surface area contributed by atoms with Crippen LogP contribution in [-0.4, -0.2) is 16.2 Å². The van der Waals surface area contributed by atoms with Crippen LogP contribution < -0.4 is 4.74 Å². The first kappa shape index (κ1) is 7.93. The van der Waals surface area contributed by atoms with E-state index in [1.54, 1.807) is 6.07 Å². The van der Waals surface area contributed by atoms with Crippen molar-refractivity contribution in [1.29, 1.82) is 0 Å². The molecule has 1 aromatic heterocycles. The third kappa shape index (κ3) is 1.57. The van der Waals surface area contributed by atoms with Gasteiger partial charge < -0.3 is 9.84 Å². The minimum atomic E-state index is -0.172. The second-order valence-electron chi connectivity index (χ2n) is 3.01. The number of hydrogen-bond acceptors (Lipinski definition) is 3. The van der Waals surface area contributed by atoms with Gasteiger partial charge in [0, 0.05) is 11.6 Å². The van der Waals surface area contributed by atoms with Gasteiger partial charge in [-0.15, -0.1) is 0 Å². The lowest BCUT2D eigenvalue weighted by Gasteiger charge is -2.06. The largest absolute Gasteiger partial charge is 0.493 e. The van der Waals surface area contributed by atoms with Crippen LogP contribution in [0.15, 0.2) is 6.07 Å². The zero-order valence-electron chi connectivity index (χ0n) is 7.46. The van der Waals surface area contributed by atoms with Crippen LogP contribution in [0.5, 0.6) is 11.8 Å². The molecule has 3 nitrogen and oxygen atoms in total. The molecule has 0 radical (unpaired) electrons. The van der Waals surface area contributed by atoms with E-state index in [4.69, 9.17) is 4.74 Å². The lowest BCUT2D eigenvalue weighted by atomic mass is 10.2. The smallest absolute Gasteiger partial charge is 0.222 e. The molecule has 0 saturated heterocycles. The molecule has 1 aliphatic carbocycles. The first-order valence-corrected chi connectivity index (χ1v) is 4.02. The van der Waals surface area contributed by atoms with Crippen LogP contribution in [0.4, 0.5) is 0 Å². The Morgan fingerprint density at radius 1 is 1.46 bits per heavy atom. The number of aromatic hydroxyl groups is 1. The molecular weight excluding hydrogens is 166 g/mol. The lowest BCUT2D eigenvalue weighted by molar-refractivity contribution is 0.311. The van der Waals surface area contributed by atoms with E-state index in [-0.39, 0.29) is 12.0 Å². The summed E-state index contributed by atoms with van der Waals surface area (Å²) in [5.74, 6) is 5.93. The molecule has 13 heavy (non-hydrogen) atoms. The Morgan fingerprint density at radius 3 is 2.69 bits per heavy atom. The number of ether oxygens (including phenoxy) is 1. The van der Waals surface area contributed by atoms with E-state index < -0.39 is 0 Å². The van der Waals surface area contributed by atoms with Gasteiger partial charge in [0.25, 0.3) is 0 Å². The summed E-state index contributed by atoms with van der Waals surface area (Å²) >= 11 is 0. The van der Waals surface area contributed by atoms with Gasteiger partial charge in [-0.25, -0.2) is 0 Å². The van der Waals surface area contributed by atoms with Crippen molar-refractivity contribution in [2.45, 2.75) is 20.0 Å². The molecule has 1 aliphatic rings. The van der Waals surface area contributed by atoms with Gasteiger partial charge in [0.05, 0.1) is 0 Å². The summed E-state index contributed by atoms with van der Waals surface area (Å²) in [4.78, 5) is 3.87. The highest BCUT2D eigenvalue weighted by Crippen LogP contribution is 2.23. The summed E-state index contributed by atoms with van der Waals surface area (Å²) in [6.07, 6.45) is -0.172. The highest BCUT2D eigenvalue weighted by molar-refractivity contribution is 5.39. The van der Waals surface area contributed by atoms with Crippen LogP contribution in [0.2, 0.25) is 0 Å². The quantitative estimate of drug-likeness (QED) is 0.686. The van der Waals surface area contributed by atoms with E-state index >= 15 is 0 Å². The lowest BCUT2D eigenvalue weighted by Crippen LogP contribution is -2.02. The average molecular weight is 175 g/mol. The maximum absolute atomic E-state index is 9.38. The summed E-state index contributed by atoms with van der Waals surface area (Å²) in [6.45, 7) is 3.71. The van der Waals surface area contributed by atoms with Gasteiger partial charge in [0.2, 0.25) is 17.9 Å². The molecule has 0 bridgehead atoms. The third-order valence-electron chi connectivity index (χ3n) is 1.98. The van der Waals surface area contributed by atoms with Crippen molar-refractivity contribution in [3.8, 4) is 23.6 Å². The predicted octanol–water partition coefficient (Wildman–Crippen LogP) is 1.17. The van der Waals surface area contributed by atoms with Crippen LogP contribution >= 0.6 is 0 Å². The summed E-state index contributed by atoms with van der Waals surface area (Å²) in [5, 5.41) is 9.38. The molecule has 0 aliphatic heterocycles. The molecule has 0 unspecified atom stereocenters. The van der Waals surface area contributed by atoms with E-state index in [2.05, 4.69) is 16.8 Å². The number of rotatable bonds is 2. The number of aryl methyl sites for hydroxylation is 1. The van der Waals surface area contributed by atoms with E-state index in [9.17, 15) is 5.11 Å². The maximum atomic E-state index is 9.38. The zero-order valence-corrected chi connectivity index (χ0v) is 7.46. The monoisotopic (exact) mass is 175 g/mol. The minimum absolute atomic E-state index is 0.0238. The normalized spacial score (nSPS) is 13.4. The maximum Gasteiger partial charge on any atom is 0.222 e. The van der Waals surface area contributed by atoms with Crippen LogP contribution in [0.25, 0.3) is 0 Å². The first-order valence-electron chi connectivity index (χ1n) is 4.02. The van der Waals surface area contributed by atoms with E-state index in [0.29, 0.717) is 5.88 Å². The van der Waals surface area contributed by atoms with Crippen molar-refractivity contribution in [3.05, 3.63) is 17.2 Å². The van der Waals surface area contributed by atoms with E-state index in [1.165, 1.54) is 0 Å². The van der Waals surface area contributed by atoms with Gasteiger partial charge in [0.1, 0.15) is 0 Å². The molecule has 0 fully saturated rings. The van der Waals surface area contributed by atoms with E-state index in [1.807, 2.05) is 13.8 Å². The number of pyridine rings is 1. The highest BCUT2D eigenvalue weighted by Gasteiger charge is 2.14. The molecule has 66 valence electrons. The average Bonchev–Trinajstić information content (AvgIpc) is 2.84. The Balaban J connectivity index is 2.26. The van der Waals surface area contributed by atoms with Crippen molar-refractivity contribution in [1.82, 2.24) is 4.98 Å². The predicted molar refractivity (Wildman–Crippen MR) is 47.6 cm³/mol. The summed E-state index contributed by atoms with van der Waals surface area (Å²) in [5.41, 5.74) is 1.74. The Bertz CT molecular complexity index is 384. The minimum Gasteiger partial charge on any atom is -0.493 e. The summed E-state index contributed by atoms with van der Waals surface area (Å²) < 4.78 is 5.25. The summed E-state index contributed by atoms with van der Waals surface area (Å²) in [7, 11) is 0. The fourth-order valence-corrected chi connectivity index (χ4v) is 0.964. The van der Waals surface area contributed by atoms with Crippen molar-refractivity contribution in [2.24, 2.45) is 0 Å². The van der Waals surface area contributed by atoms with Gasteiger partial charge >= 0.3 is 0 Å². The van der Waals surface area contributed by atoms with Crippen molar-refractivity contribution < 1.29 is 9.84 Å². The van der Waals surface area contributed by atoms with Gasteiger partial charge in [-0.1, -0.05) is 0 Å². The Hall–Kier alpha value is -1.69. The number of aromatic nitrogens is 1. The fraction of sp³-hybridized carbons (Fsp3) is 0.300. The van der Waals surface area contributed by atoms with Crippen molar-refractivity contribution >= 4 is 0 Å². The van der Waals surface area contributed by atoms with Crippen molar-refractivity contribution in [2.75, 3.05) is 0 Å². The second kappa shape index (κ2) is 2.67. The molecule has 0 aromatic carbocycles. The first-order chi connectivity index (χ1) is 6.16. The molecule has 1 N–H and O–H groups in total. The Kier molecular flexibility index (Phi) is 1.63. The van der Waals surface area contributed by atoms with Gasteiger partial charge in [-0.3, -0.25) is 0 Å². The number of nitrogens with zero attached hydrogens (tertiary/aromatic N) is 1. The molecule has 0 saturated carbocycles. The van der Waals surface area contributed by atoms with Crippen LogP contribution in [0.3, 0.4) is 0 Å². The van der Waals surface area contributed by atoms with Crippen LogP contribution in [0, 0.1) is 25.7 Å². The second-order valence-corrected chi connectivity index (χ2v) is 3.01. The van der Waals surface area contributed by atoms with Gasteiger partial charge in [-0.2, -0.15) is 4.98 Å². The molecule has 1 heterocycles. The van der Waals surface area contributed by atoms with Gasteiger partial charge in [0.15, 0.2) is 0 Å². The number of hydrogen-bond donors (Lipinski definition) is 1. The molecular formula is C10H9NO2. The molecule has 0 atom stereocenters. The molecule has 0 amide bonds. The Labute approximate surface area is 76.4 Å². The van der Waals surface area contributed by atoms with Crippen LogP contribution in [-0.2, 0) is 0 Å². The molecule has 0 spiro atoms. The highest BCUT2D eigenvalue weighted by atomic mass is 16.5. The topological polar surface area (TPSA) is 42.4 Å². The van der Waals surface area contributed by atoms with Crippen LogP contribution in [0.1, 0.15) is 11.1 Å². The Morgan fingerprint density at radius 2 is 2.15 bits per heavy atom. The standard InChI is InChI=1S/C10H9NO2/c1-6-5-9(13-8-3-4-8)11-10(12)7(6)2/h5,8H,1-2H3,(H,11,12). The van der Waals surface area contributed by atoms with E-state index in [0.717, 1.165) is 11.1 Å². The molecule has 1 aromatic rings. The molecule has 2 rings (SSSR count). The SMILES string of the molecule is Cc1cc(OC2C#C2)nc(O)c1C. The third-order valence-corrected chi connectivity index (χ3v) is 1.98. The fourth-order valence-electron chi connectivity index (χ4n) is 0.964.